The molecule has 0 aliphatic rings. The zero-order chi connectivity index (χ0) is 6.99. The first kappa shape index (κ1) is 16.8. The molecule has 0 amide bonds. The van der Waals surface area contributed by atoms with Crippen LogP contribution in [-0.2, 0) is 9.53 Å². The molecule has 0 aliphatic heterocycles. The number of hydrogen-bond acceptors (Lipinski definition) is 3. The first-order valence-corrected chi connectivity index (χ1v) is 2.50. The van der Waals surface area contributed by atoms with E-state index in [-0.39, 0.29) is 52.8 Å². The van der Waals surface area contributed by atoms with Gasteiger partial charge in [-0.25, -0.2) is 4.79 Å². The summed E-state index contributed by atoms with van der Waals surface area (Å²) in [6, 6.07) is 0. The molecule has 0 saturated heterocycles. The van der Waals surface area contributed by atoms with Crippen LogP contribution >= 0.6 is 25.3 Å². The maximum Gasteiger partial charge on any atom is 1.00 e. The summed E-state index contributed by atoms with van der Waals surface area (Å²) in [6.07, 6.45) is 0. The van der Waals surface area contributed by atoms with Gasteiger partial charge in [0.05, 0.1) is 7.11 Å². The molecule has 50 valence electrons. The molecule has 0 aliphatic carbocycles. The normalized spacial score (nSPS) is 5.22. The van der Waals surface area contributed by atoms with Crippen LogP contribution in [0.25, 0.3) is 0 Å². The molecular weight excluding hydrogens is 187 g/mol. The molecule has 0 fully saturated rings. The molecule has 0 aromatic heterocycles. The largest absolute Gasteiger partial charge is 1.00 e. The van der Waals surface area contributed by atoms with Gasteiger partial charge in [0.25, 0.3) is 0 Å². The summed E-state index contributed by atoms with van der Waals surface area (Å²) in [7, 11) is 1.27. The summed E-state index contributed by atoms with van der Waals surface area (Å²) in [5.41, 5.74) is 0.444. The molecule has 0 saturated carbocycles. The average molecular weight is 194 g/mol. The van der Waals surface area contributed by atoms with E-state index < -0.39 is 5.30 Å². The maximum absolute atomic E-state index is 9.45. The Hall–Kier alpha value is 1.48. The summed E-state index contributed by atoms with van der Waals surface area (Å²) in [4.78, 5) is 18.1. The topological polar surface area (TPSA) is 43.4 Å². The van der Waals surface area contributed by atoms with Crippen molar-refractivity contribution in [3.05, 3.63) is 0 Å². The Bertz CT molecular complexity index is 82.1. The Morgan fingerprint density at radius 1 is 1.78 bits per heavy atom. The number of thiol groups is 2. The van der Waals surface area contributed by atoms with Gasteiger partial charge >= 0.3 is 56.7 Å². The molecule has 0 rings (SSSR count). The van der Waals surface area contributed by atoms with E-state index in [1.807, 2.05) is 0 Å². The van der Waals surface area contributed by atoms with Gasteiger partial charge in [-0.2, -0.15) is 0 Å². The van der Waals surface area contributed by atoms with Gasteiger partial charge in [0.15, 0.2) is 5.62 Å². The van der Waals surface area contributed by atoms with Crippen LogP contribution in [0.4, 0.5) is 4.79 Å². The summed E-state index contributed by atoms with van der Waals surface area (Å²) < 4.78 is 3.98. The van der Waals surface area contributed by atoms with Crippen molar-refractivity contribution in [1.29, 1.82) is 0 Å². The van der Waals surface area contributed by atoms with Crippen molar-refractivity contribution in [3.8, 4) is 0 Å². The van der Waals surface area contributed by atoms with E-state index >= 15 is 0 Å². The number of carbonyl (C=O) groups is 2. The molecular formula is C3H7KO3S2. The van der Waals surface area contributed by atoms with Gasteiger partial charge in [-0.05, 0) is 0 Å². The molecule has 0 spiro atoms. The minimum Gasteiger partial charge on any atom is -1.00 e. The van der Waals surface area contributed by atoms with Gasteiger partial charge in [0.2, 0.25) is 0 Å². The zero-order valence-electron chi connectivity index (χ0n) is 6.20. The molecule has 0 aromatic rings. The van der Waals surface area contributed by atoms with Crippen molar-refractivity contribution >= 4 is 36.2 Å². The van der Waals surface area contributed by atoms with E-state index in [1.54, 1.807) is 0 Å². The third-order valence-corrected chi connectivity index (χ3v) is 0.357. The minimum atomic E-state index is -0.551. The molecule has 0 aromatic carbocycles. The van der Waals surface area contributed by atoms with Crippen LogP contribution in [0.5, 0.6) is 0 Å². The Morgan fingerprint density at radius 2 is 1.89 bits per heavy atom. The van der Waals surface area contributed by atoms with Gasteiger partial charge in [-0.15, -0.1) is 12.6 Å². The van der Waals surface area contributed by atoms with E-state index in [1.165, 1.54) is 7.11 Å². The Kier molecular flexibility index (Phi) is 30.4. The SMILES string of the molecule is COC(=O)S.O=CS.[H-].[K+]. The number of methoxy groups -OCH3 is 1. The van der Waals surface area contributed by atoms with Crippen molar-refractivity contribution in [2.45, 2.75) is 0 Å². The molecule has 0 atom stereocenters. The molecule has 0 radical (unpaired) electrons. The predicted octanol–water partition coefficient (Wildman–Crippen LogP) is -2.09. The van der Waals surface area contributed by atoms with Crippen LogP contribution < -0.4 is 51.4 Å². The van der Waals surface area contributed by atoms with Crippen LogP contribution in [0.15, 0.2) is 0 Å². The fourth-order valence-electron chi connectivity index (χ4n) is 0. The quantitative estimate of drug-likeness (QED) is 0.201. The number of hydrogen-bond donors (Lipinski definition) is 2. The van der Waals surface area contributed by atoms with E-state index in [9.17, 15) is 4.79 Å². The zero-order valence-corrected chi connectivity index (χ0v) is 10.1. The van der Waals surface area contributed by atoms with E-state index in [2.05, 4.69) is 30.0 Å². The van der Waals surface area contributed by atoms with Gasteiger partial charge in [0.1, 0.15) is 0 Å². The third kappa shape index (κ3) is 43.8. The smallest absolute Gasteiger partial charge is 1.00 e. The van der Waals surface area contributed by atoms with Crippen molar-refractivity contribution < 1.29 is 67.1 Å². The Balaban J connectivity index is -0.0000000326. The fraction of sp³-hybridized carbons (Fsp3) is 0.333. The predicted molar refractivity (Wildman–Crippen MR) is 38.2 cm³/mol. The molecule has 3 nitrogen and oxygen atoms in total. The second-order valence-electron chi connectivity index (χ2n) is 0.575. The van der Waals surface area contributed by atoms with Crippen LogP contribution in [0, 0.1) is 0 Å². The molecule has 0 heterocycles. The first-order chi connectivity index (χ1) is 3.68. The molecule has 6 heteroatoms. The second-order valence-corrected chi connectivity index (χ2v) is 1.15. The summed E-state index contributed by atoms with van der Waals surface area (Å²) >= 11 is 6.34. The van der Waals surface area contributed by atoms with Crippen LogP contribution in [-0.4, -0.2) is 18.0 Å². The van der Waals surface area contributed by atoms with Crippen LogP contribution in [0.1, 0.15) is 1.43 Å². The summed E-state index contributed by atoms with van der Waals surface area (Å²) in [5.74, 6) is 0. The Labute approximate surface area is 109 Å². The summed E-state index contributed by atoms with van der Waals surface area (Å²) in [6.45, 7) is 0. The van der Waals surface area contributed by atoms with Gasteiger partial charge in [0, 0.05) is 0 Å². The van der Waals surface area contributed by atoms with Crippen molar-refractivity contribution in [2.24, 2.45) is 0 Å². The minimum absolute atomic E-state index is 0. The van der Waals surface area contributed by atoms with Crippen molar-refractivity contribution in [2.75, 3.05) is 7.11 Å². The third-order valence-electron chi connectivity index (χ3n) is 0.175. The van der Waals surface area contributed by atoms with Crippen LogP contribution in [0.3, 0.4) is 0 Å². The monoisotopic (exact) mass is 194 g/mol. The summed E-state index contributed by atoms with van der Waals surface area (Å²) in [5, 5.41) is -0.551. The molecule has 0 N–H and O–H groups in total. The van der Waals surface area contributed by atoms with E-state index in [0.29, 0.717) is 5.62 Å². The van der Waals surface area contributed by atoms with Crippen LogP contribution in [0.2, 0.25) is 0 Å². The van der Waals surface area contributed by atoms with Gasteiger partial charge in [-0.1, -0.05) is 12.6 Å². The molecule has 0 bridgehead atoms. The number of rotatable bonds is 0. The van der Waals surface area contributed by atoms with Gasteiger partial charge < -0.3 is 6.16 Å². The average Bonchev–Trinajstić information content (AvgIpc) is 1.69. The maximum atomic E-state index is 9.45. The van der Waals surface area contributed by atoms with Crippen molar-refractivity contribution in [3.63, 3.8) is 0 Å². The van der Waals surface area contributed by atoms with Crippen molar-refractivity contribution in [1.82, 2.24) is 0 Å². The Morgan fingerprint density at radius 3 is 1.89 bits per heavy atom. The number of ether oxygens (including phenoxy) is 1. The fourth-order valence-corrected chi connectivity index (χ4v) is 0. The van der Waals surface area contributed by atoms with Gasteiger partial charge in [-0.3, -0.25) is 4.79 Å². The number of carbonyl (C=O) groups excluding carboxylic acids is 2. The first-order valence-electron chi connectivity index (χ1n) is 1.53. The molecule has 9 heavy (non-hydrogen) atoms. The van der Waals surface area contributed by atoms with E-state index in [0.717, 1.165) is 0 Å². The van der Waals surface area contributed by atoms with E-state index in [4.69, 9.17) is 4.79 Å². The standard InChI is InChI=1S/C2H4O2S.CH2OS.K.H/c1-4-2(3)5;2-1-3;;/h1H3,(H,3,5);1H,(H,2,3);;/q;;+1;-1. The second kappa shape index (κ2) is 16.2. The molecule has 0 unspecified atom stereocenters.